The fourth-order valence-corrected chi connectivity index (χ4v) is 3.46. The Labute approximate surface area is 186 Å². The predicted molar refractivity (Wildman–Crippen MR) is 126 cm³/mol. The molecular formula is C27H26O5. The Morgan fingerprint density at radius 2 is 1.03 bits per heavy atom. The number of aromatic hydroxyl groups is 1. The molecule has 0 aliphatic rings. The number of rotatable bonds is 4. The maximum atomic E-state index is 10.9. The normalized spacial score (nSPS) is 12.6. The Morgan fingerprint density at radius 3 is 1.53 bits per heavy atom. The fourth-order valence-electron chi connectivity index (χ4n) is 3.46. The number of phenols is 1. The molecule has 5 heteroatoms. The number of hydrogen-bond donors (Lipinski definition) is 3. The van der Waals surface area contributed by atoms with E-state index in [-0.39, 0.29) is 5.75 Å². The number of aliphatic carboxylic acids is 2. The Hall–Kier alpha value is -3.86. The van der Waals surface area contributed by atoms with Crippen LogP contribution >= 0.6 is 0 Å². The van der Waals surface area contributed by atoms with Gasteiger partial charge in [0.1, 0.15) is 5.75 Å². The van der Waals surface area contributed by atoms with E-state index >= 15 is 0 Å². The first-order valence-electron chi connectivity index (χ1n) is 10.3. The van der Waals surface area contributed by atoms with Crippen LogP contribution in [-0.4, -0.2) is 27.3 Å². The highest BCUT2D eigenvalue weighted by Gasteiger charge is 2.14. The lowest BCUT2D eigenvalue weighted by Gasteiger charge is -2.08. The SMILES string of the molecule is CC(C(=O)O)c1ccc2cc(O)ccc2c1.Cc1ccc2cc(C(C)C(=O)O)ccc2c1. The average Bonchev–Trinajstić information content (AvgIpc) is 2.77. The smallest absolute Gasteiger partial charge is 0.310 e. The van der Waals surface area contributed by atoms with Crippen molar-refractivity contribution in [3.8, 4) is 5.75 Å². The van der Waals surface area contributed by atoms with Gasteiger partial charge in [-0.15, -0.1) is 0 Å². The Kier molecular flexibility index (Phi) is 6.79. The van der Waals surface area contributed by atoms with Crippen LogP contribution in [0.25, 0.3) is 21.5 Å². The molecule has 0 saturated carbocycles. The molecule has 0 bridgehead atoms. The maximum Gasteiger partial charge on any atom is 0.310 e. The van der Waals surface area contributed by atoms with E-state index in [2.05, 4.69) is 6.07 Å². The highest BCUT2D eigenvalue weighted by molar-refractivity contribution is 5.87. The Balaban J connectivity index is 0.000000181. The van der Waals surface area contributed by atoms with Gasteiger partial charge < -0.3 is 15.3 Å². The molecule has 5 nitrogen and oxygen atoms in total. The van der Waals surface area contributed by atoms with Crippen LogP contribution in [0.5, 0.6) is 5.75 Å². The van der Waals surface area contributed by atoms with Crippen molar-refractivity contribution in [2.75, 3.05) is 0 Å². The largest absolute Gasteiger partial charge is 0.508 e. The third-order valence-electron chi connectivity index (χ3n) is 5.61. The second-order valence-electron chi connectivity index (χ2n) is 8.02. The minimum atomic E-state index is -0.835. The molecule has 2 atom stereocenters. The number of hydrogen-bond acceptors (Lipinski definition) is 3. The van der Waals surface area contributed by atoms with Gasteiger partial charge in [-0.2, -0.15) is 0 Å². The first-order valence-corrected chi connectivity index (χ1v) is 10.3. The molecular weight excluding hydrogens is 404 g/mol. The van der Waals surface area contributed by atoms with Crippen molar-refractivity contribution in [1.29, 1.82) is 0 Å². The second kappa shape index (κ2) is 9.52. The van der Waals surface area contributed by atoms with Crippen molar-refractivity contribution >= 4 is 33.5 Å². The third kappa shape index (κ3) is 5.24. The number of phenolic OH excluding ortho intramolecular Hbond substituents is 1. The number of aryl methyl sites for hydroxylation is 1. The summed E-state index contributed by atoms with van der Waals surface area (Å²) in [6.45, 7) is 5.41. The number of carboxylic acids is 2. The van der Waals surface area contributed by atoms with E-state index in [4.69, 9.17) is 10.2 Å². The van der Waals surface area contributed by atoms with Crippen molar-refractivity contribution in [2.24, 2.45) is 0 Å². The van der Waals surface area contributed by atoms with E-state index in [0.29, 0.717) is 0 Å². The molecule has 0 saturated heterocycles. The number of carbonyl (C=O) groups is 2. The van der Waals surface area contributed by atoms with Crippen LogP contribution in [0.1, 0.15) is 42.4 Å². The second-order valence-corrected chi connectivity index (χ2v) is 8.02. The van der Waals surface area contributed by atoms with Crippen LogP contribution in [0.4, 0.5) is 0 Å². The molecule has 0 amide bonds. The summed E-state index contributed by atoms with van der Waals surface area (Å²) in [5.41, 5.74) is 2.83. The monoisotopic (exact) mass is 430 g/mol. The van der Waals surface area contributed by atoms with Crippen molar-refractivity contribution in [3.63, 3.8) is 0 Å². The van der Waals surface area contributed by atoms with Crippen molar-refractivity contribution in [1.82, 2.24) is 0 Å². The Bertz CT molecular complexity index is 1190. The predicted octanol–water partition coefficient (Wildman–Crippen LogP) is 6.07. The van der Waals surface area contributed by atoms with Gasteiger partial charge in [-0.05, 0) is 65.6 Å². The summed E-state index contributed by atoms with van der Waals surface area (Å²) in [4.78, 5) is 21.7. The average molecular weight is 431 g/mol. The first kappa shape index (κ1) is 22.8. The molecule has 32 heavy (non-hydrogen) atoms. The highest BCUT2D eigenvalue weighted by atomic mass is 16.4. The summed E-state index contributed by atoms with van der Waals surface area (Å²) < 4.78 is 0. The summed E-state index contributed by atoms with van der Waals surface area (Å²) >= 11 is 0. The Morgan fingerprint density at radius 1 is 0.625 bits per heavy atom. The van der Waals surface area contributed by atoms with E-state index in [0.717, 1.165) is 32.7 Å². The zero-order valence-electron chi connectivity index (χ0n) is 18.2. The van der Waals surface area contributed by atoms with Crippen LogP contribution in [0.3, 0.4) is 0 Å². The van der Waals surface area contributed by atoms with E-state index in [1.54, 1.807) is 38.1 Å². The van der Waals surface area contributed by atoms with Gasteiger partial charge in [0, 0.05) is 0 Å². The number of benzene rings is 4. The van der Waals surface area contributed by atoms with Gasteiger partial charge in [0.2, 0.25) is 0 Å². The standard InChI is InChI=1S/C14H14O2.C13H12O3/c1-9-3-4-13-8-11(10(2)14(15)16)5-6-12(13)7-9;1-8(13(15)16)9-2-3-11-7-12(14)5-4-10(11)6-9/h3-8,10H,1-2H3,(H,15,16);2-8,14H,1H3,(H,15,16). The van der Waals surface area contributed by atoms with Crippen molar-refractivity contribution in [3.05, 3.63) is 89.5 Å². The molecule has 0 aliphatic heterocycles. The lowest BCUT2D eigenvalue weighted by atomic mass is 9.97. The van der Waals surface area contributed by atoms with Gasteiger partial charge in [0.25, 0.3) is 0 Å². The molecule has 164 valence electrons. The molecule has 4 aromatic carbocycles. The molecule has 0 fully saturated rings. The zero-order chi connectivity index (χ0) is 23.4. The van der Waals surface area contributed by atoms with E-state index in [1.807, 2.05) is 49.4 Å². The summed E-state index contributed by atoms with van der Waals surface area (Å²) in [7, 11) is 0. The van der Waals surface area contributed by atoms with Crippen molar-refractivity contribution in [2.45, 2.75) is 32.6 Å². The van der Waals surface area contributed by atoms with Crippen LogP contribution in [0.15, 0.2) is 72.8 Å². The molecule has 4 rings (SSSR count). The molecule has 3 N–H and O–H groups in total. The van der Waals surface area contributed by atoms with Gasteiger partial charge in [-0.25, -0.2) is 0 Å². The fraction of sp³-hybridized carbons (Fsp3) is 0.185. The minimum absolute atomic E-state index is 0.214. The molecule has 0 spiro atoms. The molecule has 4 aromatic rings. The van der Waals surface area contributed by atoms with E-state index < -0.39 is 23.8 Å². The van der Waals surface area contributed by atoms with Gasteiger partial charge >= 0.3 is 11.9 Å². The van der Waals surface area contributed by atoms with Crippen LogP contribution < -0.4 is 0 Å². The number of fused-ring (bicyclic) bond motifs is 2. The minimum Gasteiger partial charge on any atom is -0.508 e. The summed E-state index contributed by atoms with van der Waals surface area (Å²) in [6.07, 6.45) is 0. The lowest BCUT2D eigenvalue weighted by molar-refractivity contribution is -0.139. The quantitative estimate of drug-likeness (QED) is 0.365. The number of carboxylic acid groups (broad SMARTS) is 2. The zero-order valence-corrected chi connectivity index (χ0v) is 18.2. The summed E-state index contributed by atoms with van der Waals surface area (Å²) in [6, 6.07) is 22.5. The van der Waals surface area contributed by atoms with Crippen molar-refractivity contribution < 1.29 is 24.9 Å². The summed E-state index contributed by atoms with van der Waals surface area (Å²) in [5, 5.41) is 31.3. The van der Waals surface area contributed by atoms with E-state index in [1.165, 1.54) is 5.56 Å². The van der Waals surface area contributed by atoms with Gasteiger partial charge in [0.15, 0.2) is 0 Å². The topological polar surface area (TPSA) is 94.8 Å². The molecule has 0 radical (unpaired) electrons. The van der Waals surface area contributed by atoms with E-state index in [9.17, 15) is 14.7 Å². The molecule has 0 aliphatic carbocycles. The van der Waals surface area contributed by atoms with Crippen LogP contribution in [0, 0.1) is 6.92 Å². The van der Waals surface area contributed by atoms with Gasteiger partial charge in [-0.1, -0.05) is 66.2 Å². The third-order valence-corrected chi connectivity index (χ3v) is 5.61. The molecule has 2 unspecified atom stereocenters. The lowest BCUT2D eigenvalue weighted by Crippen LogP contribution is -2.06. The maximum absolute atomic E-state index is 10.9. The first-order chi connectivity index (χ1) is 15.2. The van der Waals surface area contributed by atoms with Gasteiger partial charge in [0.05, 0.1) is 11.8 Å². The van der Waals surface area contributed by atoms with Crippen LogP contribution in [0.2, 0.25) is 0 Å². The molecule has 0 aromatic heterocycles. The molecule has 0 heterocycles. The van der Waals surface area contributed by atoms with Crippen LogP contribution in [-0.2, 0) is 9.59 Å². The summed E-state index contributed by atoms with van der Waals surface area (Å²) in [5.74, 6) is -2.37. The highest BCUT2D eigenvalue weighted by Crippen LogP contribution is 2.25. The van der Waals surface area contributed by atoms with Gasteiger partial charge in [-0.3, -0.25) is 9.59 Å².